The maximum Gasteiger partial charge on any atom is 0.323 e. The average molecular weight is 449 g/mol. The summed E-state index contributed by atoms with van der Waals surface area (Å²) in [5.74, 6) is 0.496. The Hall–Kier alpha value is -3.55. The lowest BCUT2D eigenvalue weighted by Gasteiger charge is -2.21. The monoisotopic (exact) mass is 448 g/mol. The maximum atomic E-state index is 12.2. The molecule has 8 heteroatoms. The van der Waals surface area contributed by atoms with E-state index >= 15 is 0 Å². The van der Waals surface area contributed by atoms with E-state index in [-0.39, 0.29) is 0 Å². The zero-order valence-electron chi connectivity index (χ0n) is 18.0. The number of fused-ring (bicyclic) bond motifs is 1. The zero-order chi connectivity index (χ0) is 22.8. The molecule has 0 bridgehead atoms. The number of anilines is 3. The smallest absolute Gasteiger partial charge is 0.323 e. The third-order valence-corrected chi connectivity index (χ3v) is 5.52. The highest BCUT2D eigenvalue weighted by Gasteiger charge is 2.17. The Balaban J connectivity index is 1.72. The molecule has 0 unspecified atom stereocenters. The van der Waals surface area contributed by atoms with E-state index in [9.17, 15) is 4.79 Å². The van der Waals surface area contributed by atoms with Crippen molar-refractivity contribution in [3.63, 3.8) is 0 Å². The molecule has 0 aliphatic carbocycles. The van der Waals surface area contributed by atoms with Crippen LogP contribution in [0.5, 0.6) is 0 Å². The number of nitrogens with two attached hydrogens (primary N) is 2. The maximum absolute atomic E-state index is 12.2. The summed E-state index contributed by atoms with van der Waals surface area (Å²) in [7, 11) is 4.06. The molecule has 3 aromatic carbocycles. The fourth-order valence-electron chi connectivity index (χ4n) is 3.77. The number of hydrogen-bond acceptors (Lipinski definition) is 4. The molecule has 4 N–H and O–H groups in total. The molecule has 164 valence electrons. The molecule has 0 spiro atoms. The van der Waals surface area contributed by atoms with Crippen LogP contribution in [0.3, 0.4) is 0 Å². The lowest BCUT2D eigenvalue weighted by Crippen LogP contribution is -2.31. The Labute approximate surface area is 191 Å². The first-order valence-electron chi connectivity index (χ1n) is 10.2. The number of carbonyl (C=O) groups is 1. The van der Waals surface area contributed by atoms with Crippen molar-refractivity contribution in [3.8, 4) is 11.1 Å². The largest absolute Gasteiger partial charge is 0.382 e. The minimum absolute atomic E-state index is 0.496. The molecule has 7 nitrogen and oxygen atoms in total. The van der Waals surface area contributed by atoms with Gasteiger partial charge in [-0.15, -0.1) is 0 Å². The molecule has 0 saturated heterocycles. The van der Waals surface area contributed by atoms with Crippen molar-refractivity contribution in [1.29, 1.82) is 0 Å². The van der Waals surface area contributed by atoms with Gasteiger partial charge in [0.1, 0.15) is 0 Å². The fourth-order valence-corrected chi connectivity index (χ4v) is 3.96. The van der Waals surface area contributed by atoms with Crippen LogP contribution in [0.4, 0.5) is 22.0 Å². The van der Waals surface area contributed by atoms with Gasteiger partial charge in [0.25, 0.3) is 0 Å². The van der Waals surface area contributed by atoms with Crippen LogP contribution < -0.4 is 16.4 Å². The minimum atomic E-state index is -0.589. The van der Waals surface area contributed by atoms with Crippen molar-refractivity contribution in [2.24, 2.45) is 5.73 Å². The van der Waals surface area contributed by atoms with Crippen LogP contribution >= 0.6 is 11.6 Å². The fraction of sp³-hybridized carbons (Fsp3) is 0.167. The van der Waals surface area contributed by atoms with Crippen molar-refractivity contribution >= 4 is 45.7 Å². The van der Waals surface area contributed by atoms with E-state index in [2.05, 4.69) is 10.00 Å². The number of rotatable bonds is 6. The topological polar surface area (TPSA) is 93.4 Å². The molecule has 1 heterocycles. The van der Waals surface area contributed by atoms with E-state index in [0.29, 0.717) is 22.2 Å². The first-order chi connectivity index (χ1) is 15.3. The first kappa shape index (κ1) is 21.7. The van der Waals surface area contributed by atoms with Crippen LogP contribution in [-0.4, -0.2) is 41.4 Å². The highest BCUT2D eigenvalue weighted by atomic mass is 35.5. The Bertz CT molecular complexity index is 1270. The predicted octanol–water partition coefficient (Wildman–Crippen LogP) is 4.72. The predicted molar refractivity (Wildman–Crippen MR) is 131 cm³/mol. The molecule has 4 aromatic rings. The summed E-state index contributed by atoms with van der Waals surface area (Å²) in [6, 6.07) is 20.1. The van der Waals surface area contributed by atoms with Gasteiger partial charge in [0, 0.05) is 11.6 Å². The lowest BCUT2D eigenvalue weighted by atomic mass is 10.0. The molecule has 0 fully saturated rings. The van der Waals surface area contributed by atoms with Crippen molar-refractivity contribution in [2.45, 2.75) is 6.54 Å². The second-order valence-electron chi connectivity index (χ2n) is 7.81. The van der Waals surface area contributed by atoms with Gasteiger partial charge in [-0.05, 0) is 61.6 Å². The summed E-state index contributed by atoms with van der Waals surface area (Å²) in [5, 5.41) is 5.99. The van der Waals surface area contributed by atoms with Crippen LogP contribution in [0.2, 0.25) is 5.02 Å². The molecule has 32 heavy (non-hydrogen) atoms. The summed E-state index contributed by atoms with van der Waals surface area (Å²) >= 11 is 6.10. The summed E-state index contributed by atoms with van der Waals surface area (Å²) < 4.78 is 1.94. The minimum Gasteiger partial charge on any atom is -0.382 e. The number of nitrogen functional groups attached to an aromatic ring is 1. The third kappa shape index (κ3) is 4.26. The van der Waals surface area contributed by atoms with Crippen LogP contribution in [0.25, 0.3) is 22.0 Å². The lowest BCUT2D eigenvalue weighted by molar-refractivity contribution is 0.256. The number of halogens is 1. The number of urea groups is 1. The molecule has 0 saturated carbocycles. The van der Waals surface area contributed by atoms with Gasteiger partial charge < -0.3 is 16.4 Å². The van der Waals surface area contributed by atoms with E-state index in [1.54, 1.807) is 24.3 Å². The number of amides is 2. The Morgan fingerprint density at radius 2 is 1.75 bits per heavy atom. The van der Waals surface area contributed by atoms with Crippen molar-refractivity contribution in [3.05, 3.63) is 71.8 Å². The van der Waals surface area contributed by atoms with Crippen LogP contribution in [0.15, 0.2) is 66.7 Å². The second-order valence-corrected chi connectivity index (χ2v) is 8.25. The van der Waals surface area contributed by atoms with Crippen molar-refractivity contribution in [2.75, 3.05) is 31.3 Å². The van der Waals surface area contributed by atoms with Gasteiger partial charge in [-0.25, -0.2) is 4.79 Å². The standard InChI is InChI=1S/C24H25ClN6O/c1-29(2)13-14-30-21-8-4-7-20(22(21)23(26)28-30)16-9-11-18(12-10-16)31(24(27)32)19-6-3-5-17(25)15-19/h3-12,15H,13-14H2,1-2H3,(H2,26,28)(H2,27,32). The number of carbonyl (C=O) groups excluding carboxylic acids is 1. The number of likely N-dealkylation sites (N-methyl/N-ethyl adjacent to an activating group) is 1. The van der Waals surface area contributed by atoms with Crippen LogP contribution in [0, 0.1) is 0 Å². The van der Waals surface area contributed by atoms with Gasteiger partial charge in [0.2, 0.25) is 0 Å². The molecule has 1 aromatic heterocycles. The summed E-state index contributed by atoms with van der Waals surface area (Å²) in [4.78, 5) is 15.7. The van der Waals surface area contributed by atoms with E-state index in [1.807, 2.05) is 61.2 Å². The third-order valence-electron chi connectivity index (χ3n) is 5.29. The highest BCUT2D eigenvalue weighted by Crippen LogP contribution is 2.35. The SMILES string of the molecule is CN(C)CCn1nc(N)c2c(-c3ccc(N(C(N)=O)c4cccc(Cl)c4)cc3)cccc21. The Kier molecular flexibility index (Phi) is 6.03. The Morgan fingerprint density at radius 1 is 1.03 bits per heavy atom. The first-order valence-corrected chi connectivity index (χ1v) is 10.6. The van der Waals surface area contributed by atoms with Crippen molar-refractivity contribution < 1.29 is 4.79 Å². The summed E-state index contributed by atoms with van der Waals surface area (Å²) in [6.45, 7) is 1.61. The molecule has 0 aliphatic rings. The van der Waals surface area contributed by atoms with E-state index in [4.69, 9.17) is 23.1 Å². The van der Waals surface area contributed by atoms with E-state index in [1.165, 1.54) is 4.90 Å². The van der Waals surface area contributed by atoms with Gasteiger partial charge in [-0.2, -0.15) is 5.10 Å². The van der Waals surface area contributed by atoms with Gasteiger partial charge in [0.15, 0.2) is 5.82 Å². The number of primary amides is 1. The van der Waals surface area contributed by atoms with Crippen LogP contribution in [-0.2, 0) is 6.54 Å². The average Bonchev–Trinajstić information content (AvgIpc) is 3.09. The summed E-state index contributed by atoms with van der Waals surface area (Å²) in [5.41, 5.74) is 16.1. The summed E-state index contributed by atoms with van der Waals surface area (Å²) in [6.07, 6.45) is 0. The van der Waals surface area contributed by atoms with Crippen molar-refractivity contribution in [1.82, 2.24) is 14.7 Å². The molecule has 4 rings (SSSR count). The molecule has 0 radical (unpaired) electrons. The van der Waals surface area contributed by atoms with Gasteiger partial charge in [0.05, 0.1) is 28.8 Å². The highest BCUT2D eigenvalue weighted by molar-refractivity contribution is 6.31. The van der Waals surface area contributed by atoms with Crippen LogP contribution in [0.1, 0.15) is 0 Å². The quantitative estimate of drug-likeness (QED) is 0.446. The number of nitrogens with zero attached hydrogens (tertiary/aromatic N) is 4. The normalized spacial score (nSPS) is 11.2. The second kappa shape index (κ2) is 8.90. The van der Waals surface area contributed by atoms with Gasteiger partial charge in [-0.3, -0.25) is 9.58 Å². The molecule has 2 amide bonds. The van der Waals surface area contributed by atoms with E-state index in [0.717, 1.165) is 35.1 Å². The van der Waals surface area contributed by atoms with Gasteiger partial charge in [-0.1, -0.05) is 41.9 Å². The molecule has 0 atom stereocenters. The molecule has 0 aliphatic heterocycles. The molecular formula is C24H25ClN6O. The number of hydrogen-bond donors (Lipinski definition) is 2. The van der Waals surface area contributed by atoms with Gasteiger partial charge >= 0.3 is 6.03 Å². The number of benzene rings is 3. The Morgan fingerprint density at radius 3 is 2.41 bits per heavy atom. The zero-order valence-corrected chi connectivity index (χ0v) is 18.8. The molecular weight excluding hydrogens is 424 g/mol. The van der Waals surface area contributed by atoms with E-state index < -0.39 is 6.03 Å². The number of aromatic nitrogens is 2.